The van der Waals surface area contributed by atoms with Crippen molar-refractivity contribution >= 4 is 0 Å². The summed E-state index contributed by atoms with van der Waals surface area (Å²) in [4.78, 5) is 2.68. The highest BCUT2D eigenvalue weighted by molar-refractivity contribution is 4.91. The molecule has 0 aromatic carbocycles. The summed E-state index contributed by atoms with van der Waals surface area (Å²) in [5, 5.41) is 3.64. The van der Waals surface area contributed by atoms with Gasteiger partial charge in [0.15, 0.2) is 0 Å². The number of nitrogens with one attached hydrogen (secondary N) is 1. The first-order valence-electron chi connectivity index (χ1n) is 7.05. The zero-order valence-corrected chi connectivity index (χ0v) is 11.8. The Morgan fingerprint density at radius 2 is 2.06 bits per heavy atom. The van der Waals surface area contributed by atoms with E-state index in [1.807, 2.05) is 0 Å². The molecule has 2 unspecified atom stereocenters. The Hall–Kier alpha value is -0.120. The Morgan fingerprint density at radius 3 is 2.65 bits per heavy atom. The lowest BCUT2D eigenvalue weighted by atomic mass is 9.99. The highest BCUT2D eigenvalue weighted by Crippen LogP contribution is 2.31. The average Bonchev–Trinajstić information content (AvgIpc) is 3.06. The summed E-state index contributed by atoms with van der Waals surface area (Å²) in [6, 6.07) is 1.34. The number of nitrogens with zero attached hydrogens (tertiary/aromatic N) is 1. The summed E-state index contributed by atoms with van der Waals surface area (Å²) < 4.78 is 5.51. The van der Waals surface area contributed by atoms with Crippen LogP contribution >= 0.6 is 0 Å². The molecule has 2 aliphatic rings. The summed E-state index contributed by atoms with van der Waals surface area (Å²) in [7, 11) is 1.79. The second-order valence-corrected chi connectivity index (χ2v) is 6.32. The van der Waals surface area contributed by atoms with Crippen LogP contribution in [0.4, 0.5) is 0 Å². The van der Waals surface area contributed by atoms with Gasteiger partial charge in [0.05, 0.1) is 5.60 Å². The van der Waals surface area contributed by atoms with Gasteiger partial charge in [0.2, 0.25) is 0 Å². The molecule has 2 fully saturated rings. The van der Waals surface area contributed by atoms with Gasteiger partial charge in [-0.1, -0.05) is 0 Å². The lowest BCUT2D eigenvalue weighted by molar-refractivity contribution is -0.00578. The van der Waals surface area contributed by atoms with Crippen LogP contribution in [0.25, 0.3) is 0 Å². The van der Waals surface area contributed by atoms with Gasteiger partial charge in [0.25, 0.3) is 0 Å². The molecule has 1 aliphatic carbocycles. The molecule has 1 saturated carbocycles. The molecule has 0 amide bonds. The molecule has 0 aromatic rings. The fraction of sp³-hybridized carbons (Fsp3) is 1.00. The van der Waals surface area contributed by atoms with Crippen LogP contribution < -0.4 is 5.32 Å². The molecule has 1 N–H and O–H groups in total. The van der Waals surface area contributed by atoms with Crippen molar-refractivity contribution in [2.45, 2.75) is 57.7 Å². The van der Waals surface area contributed by atoms with Crippen LogP contribution in [0.15, 0.2) is 0 Å². The minimum Gasteiger partial charge on any atom is -0.377 e. The van der Waals surface area contributed by atoms with Gasteiger partial charge in [-0.25, -0.2) is 0 Å². The maximum absolute atomic E-state index is 5.51. The number of methoxy groups -OCH3 is 1. The monoisotopic (exact) mass is 240 g/mol. The Bertz CT molecular complexity index is 251. The summed E-state index contributed by atoms with van der Waals surface area (Å²) in [6.07, 6.45) is 4.24. The predicted molar refractivity (Wildman–Crippen MR) is 71.3 cm³/mol. The lowest BCUT2D eigenvalue weighted by Gasteiger charge is -2.32. The minimum atomic E-state index is -0.0746. The van der Waals surface area contributed by atoms with E-state index in [1.54, 1.807) is 7.11 Å². The van der Waals surface area contributed by atoms with Crippen LogP contribution in [0.3, 0.4) is 0 Å². The van der Waals surface area contributed by atoms with Crippen molar-refractivity contribution in [3.63, 3.8) is 0 Å². The molecule has 1 saturated heterocycles. The SMILES string of the molecule is COC(C)(C)C(C)NCC1CCN(C2CC2)C1. The van der Waals surface area contributed by atoms with E-state index in [2.05, 4.69) is 31.0 Å². The largest absolute Gasteiger partial charge is 0.377 e. The molecule has 0 aromatic heterocycles. The first-order valence-corrected chi connectivity index (χ1v) is 7.05. The van der Waals surface area contributed by atoms with Crippen LogP contribution in [-0.2, 0) is 4.74 Å². The topological polar surface area (TPSA) is 24.5 Å². The van der Waals surface area contributed by atoms with E-state index in [0.717, 1.165) is 18.5 Å². The van der Waals surface area contributed by atoms with Gasteiger partial charge in [0, 0.05) is 25.7 Å². The Kier molecular flexibility index (Phi) is 4.11. The first kappa shape index (κ1) is 13.3. The summed E-state index contributed by atoms with van der Waals surface area (Å²) in [5.74, 6) is 0.839. The van der Waals surface area contributed by atoms with E-state index >= 15 is 0 Å². The van der Waals surface area contributed by atoms with Crippen molar-refractivity contribution < 1.29 is 4.74 Å². The Labute approximate surface area is 106 Å². The minimum absolute atomic E-state index is 0.0746. The molecule has 0 radical (unpaired) electrons. The van der Waals surface area contributed by atoms with Gasteiger partial charge in [0.1, 0.15) is 0 Å². The fourth-order valence-electron chi connectivity index (χ4n) is 2.57. The van der Waals surface area contributed by atoms with Crippen molar-refractivity contribution in [1.82, 2.24) is 10.2 Å². The fourth-order valence-corrected chi connectivity index (χ4v) is 2.57. The highest BCUT2D eigenvalue weighted by atomic mass is 16.5. The third-order valence-corrected chi connectivity index (χ3v) is 4.66. The van der Waals surface area contributed by atoms with Gasteiger partial charge in [-0.2, -0.15) is 0 Å². The summed E-state index contributed by atoms with van der Waals surface area (Å²) >= 11 is 0. The smallest absolute Gasteiger partial charge is 0.0772 e. The maximum Gasteiger partial charge on any atom is 0.0772 e. The Morgan fingerprint density at radius 1 is 1.35 bits per heavy atom. The normalized spacial score (nSPS) is 28.6. The van der Waals surface area contributed by atoms with Crippen molar-refractivity contribution in [2.75, 3.05) is 26.7 Å². The van der Waals surface area contributed by atoms with Gasteiger partial charge in [-0.15, -0.1) is 0 Å². The third-order valence-electron chi connectivity index (χ3n) is 4.66. The molecule has 1 aliphatic heterocycles. The van der Waals surface area contributed by atoms with Gasteiger partial charge < -0.3 is 15.0 Å². The molecule has 2 atom stereocenters. The second-order valence-electron chi connectivity index (χ2n) is 6.32. The molecule has 0 bridgehead atoms. The quantitative estimate of drug-likeness (QED) is 0.767. The predicted octanol–water partition coefficient (Wildman–Crippen LogP) is 1.87. The van der Waals surface area contributed by atoms with E-state index in [0.29, 0.717) is 6.04 Å². The number of hydrogen-bond acceptors (Lipinski definition) is 3. The molecular formula is C14H28N2O. The van der Waals surface area contributed by atoms with Crippen molar-refractivity contribution in [2.24, 2.45) is 5.92 Å². The van der Waals surface area contributed by atoms with E-state index in [9.17, 15) is 0 Å². The van der Waals surface area contributed by atoms with E-state index in [1.165, 1.54) is 32.4 Å². The van der Waals surface area contributed by atoms with Crippen LogP contribution in [0.2, 0.25) is 0 Å². The van der Waals surface area contributed by atoms with Crippen LogP contribution in [0, 0.1) is 5.92 Å². The van der Waals surface area contributed by atoms with Crippen molar-refractivity contribution in [3.8, 4) is 0 Å². The van der Waals surface area contributed by atoms with Gasteiger partial charge >= 0.3 is 0 Å². The lowest BCUT2D eigenvalue weighted by Crippen LogP contribution is -2.47. The standard InChI is InChI=1S/C14H28N2O/c1-11(14(2,3)17-4)15-9-12-7-8-16(10-12)13-5-6-13/h11-13,15H,5-10H2,1-4H3. The number of likely N-dealkylation sites (tertiary alicyclic amines) is 1. The van der Waals surface area contributed by atoms with Gasteiger partial charge in [-0.3, -0.25) is 0 Å². The zero-order chi connectivity index (χ0) is 12.5. The Balaban J connectivity index is 1.68. The van der Waals surface area contributed by atoms with E-state index < -0.39 is 0 Å². The molecule has 0 spiro atoms. The third kappa shape index (κ3) is 3.43. The maximum atomic E-state index is 5.51. The first-order chi connectivity index (χ1) is 8.03. The molecule has 3 nitrogen and oxygen atoms in total. The summed E-state index contributed by atoms with van der Waals surface area (Å²) in [5.41, 5.74) is -0.0746. The van der Waals surface area contributed by atoms with Crippen molar-refractivity contribution in [3.05, 3.63) is 0 Å². The molecule has 1 heterocycles. The molecule has 3 heteroatoms. The molecule has 100 valence electrons. The average molecular weight is 240 g/mol. The molecule has 2 rings (SSSR count). The van der Waals surface area contributed by atoms with Crippen LogP contribution in [0.1, 0.15) is 40.0 Å². The van der Waals surface area contributed by atoms with Crippen LogP contribution in [0.5, 0.6) is 0 Å². The number of hydrogen-bond donors (Lipinski definition) is 1. The number of ether oxygens (including phenoxy) is 1. The molecule has 17 heavy (non-hydrogen) atoms. The van der Waals surface area contributed by atoms with E-state index in [-0.39, 0.29) is 5.60 Å². The van der Waals surface area contributed by atoms with Crippen molar-refractivity contribution in [1.29, 1.82) is 0 Å². The number of rotatable bonds is 6. The highest BCUT2D eigenvalue weighted by Gasteiger charge is 2.34. The molecular weight excluding hydrogens is 212 g/mol. The zero-order valence-electron chi connectivity index (χ0n) is 11.8. The van der Waals surface area contributed by atoms with E-state index in [4.69, 9.17) is 4.74 Å². The van der Waals surface area contributed by atoms with Gasteiger partial charge in [-0.05, 0) is 59.0 Å². The van der Waals surface area contributed by atoms with Crippen LogP contribution in [-0.4, -0.2) is 49.3 Å². The second kappa shape index (κ2) is 5.25. The summed E-state index contributed by atoms with van der Waals surface area (Å²) in [6.45, 7) is 10.3.